The van der Waals surface area contributed by atoms with Gasteiger partial charge in [-0.3, -0.25) is 9.78 Å². The largest absolute Gasteiger partial charge is 0.383 e. The summed E-state index contributed by atoms with van der Waals surface area (Å²) in [6.45, 7) is 4.58. The number of carbonyl (C=O) groups excluding carboxylic acids is 1. The van der Waals surface area contributed by atoms with E-state index in [4.69, 9.17) is 5.73 Å². The van der Waals surface area contributed by atoms with Crippen LogP contribution in [-0.4, -0.2) is 38.3 Å². The molecule has 3 heterocycles. The van der Waals surface area contributed by atoms with E-state index < -0.39 is 0 Å². The van der Waals surface area contributed by atoms with Gasteiger partial charge in [0.25, 0.3) is 5.91 Å². The molecule has 0 aliphatic rings. The standard InChI is InChI=1S/C21H21N7O/c1-13(2)11-24-21(29)17-18-20(27-16-9-4-3-8-15(16)26-18)28(19(17)22)25-12-14-7-5-6-10-23-14/h3-10,12-13H,11,22H2,1-2H3,(H,24,29)/b25-12-. The molecule has 0 spiro atoms. The fourth-order valence-electron chi connectivity index (χ4n) is 2.94. The van der Waals surface area contributed by atoms with Gasteiger partial charge in [0.1, 0.15) is 16.9 Å². The minimum absolute atomic E-state index is 0.184. The molecule has 4 aromatic rings. The lowest BCUT2D eigenvalue weighted by Crippen LogP contribution is -2.28. The molecule has 0 saturated heterocycles. The Balaban J connectivity index is 1.89. The van der Waals surface area contributed by atoms with E-state index >= 15 is 0 Å². The van der Waals surface area contributed by atoms with Gasteiger partial charge in [0, 0.05) is 12.7 Å². The summed E-state index contributed by atoms with van der Waals surface area (Å²) in [5.41, 5.74) is 9.49. The number of carbonyl (C=O) groups is 1. The van der Waals surface area contributed by atoms with Gasteiger partial charge in [-0.25, -0.2) is 9.97 Å². The molecule has 0 fully saturated rings. The summed E-state index contributed by atoms with van der Waals surface area (Å²) in [6, 6.07) is 13.0. The molecule has 146 valence electrons. The van der Waals surface area contributed by atoms with Crippen LogP contribution in [0.15, 0.2) is 53.8 Å². The van der Waals surface area contributed by atoms with Crippen LogP contribution in [-0.2, 0) is 0 Å². The number of amides is 1. The average molecular weight is 387 g/mol. The lowest BCUT2D eigenvalue weighted by Gasteiger charge is -2.07. The highest BCUT2D eigenvalue weighted by molar-refractivity contribution is 6.10. The van der Waals surface area contributed by atoms with Gasteiger partial charge in [-0.05, 0) is 30.2 Å². The van der Waals surface area contributed by atoms with E-state index in [1.807, 2.05) is 56.3 Å². The molecule has 3 aromatic heterocycles. The first-order chi connectivity index (χ1) is 14.0. The van der Waals surface area contributed by atoms with Gasteiger partial charge < -0.3 is 11.1 Å². The van der Waals surface area contributed by atoms with Crippen molar-refractivity contribution in [2.24, 2.45) is 11.0 Å². The molecule has 0 aliphatic heterocycles. The maximum Gasteiger partial charge on any atom is 0.257 e. The number of benzene rings is 1. The number of aromatic nitrogens is 4. The molecular weight excluding hydrogens is 366 g/mol. The summed E-state index contributed by atoms with van der Waals surface area (Å²) >= 11 is 0. The first-order valence-electron chi connectivity index (χ1n) is 9.35. The summed E-state index contributed by atoms with van der Waals surface area (Å²) < 4.78 is 1.44. The fourth-order valence-corrected chi connectivity index (χ4v) is 2.94. The van der Waals surface area contributed by atoms with E-state index in [1.54, 1.807) is 12.4 Å². The zero-order chi connectivity index (χ0) is 20.4. The zero-order valence-corrected chi connectivity index (χ0v) is 16.2. The first-order valence-corrected chi connectivity index (χ1v) is 9.35. The van der Waals surface area contributed by atoms with E-state index in [1.165, 1.54) is 4.68 Å². The van der Waals surface area contributed by atoms with Crippen molar-refractivity contribution in [2.75, 3.05) is 12.3 Å². The molecule has 0 atom stereocenters. The number of hydrogen-bond acceptors (Lipinski definition) is 6. The van der Waals surface area contributed by atoms with Crippen LogP contribution in [0.2, 0.25) is 0 Å². The van der Waals surface area contributed by atoms with Crippen LogP contribution >= 0.6 is 0 Å². The van der Waals surface area contributed by atoms with Crippen LogP contribution in [0.4, 0.5) is 5.82 Å². The van der Waals surface area contributed by atoms with Gasteiger partial charge in [0.2, 0.25) is 0 Å². The molecule has 0 saturated carbocycles. The van der Waals surface area contributed by atoms with Crippen LogP contribution in [0.25, 0.3) is 22.2 Å². The van der Waals surface area contributed by atoms with E-state index in [-0.39, 0.29) is 17.3 Å². The Kier molecular flexibility index (Phi) is 4.90. The molecule has 29 heavy (non-hydrogen) atoms. The Morgan fingerprint density at radius 1 is 1.17 bits per heavy atom. The van der Waals surface area contributed by atoms with Gasteiger partial charge in [0.15, 0.2) is 5.65 Å². The number of anilines is 1. The second-order valence-corrected chi connectivity index (χ2v) is 7.06. The van der Waals surface area contributed by atoms with Crippen LogP contribution < -0.4 is 11.1 Å². The molecule has 1 amide bonds. The van der Waals surface area contributed by atoms with Crippen LogP contribution in [0.5, 0.6) is 0 Å². The summed E-state index contributed by atoms with van der Waals surface area (Å²) in [6.07, 6.45) is 3.25. The Bertz CT molecular complexity index is 1210. The van der Waals surface area contributed by atoms with Crippen LogP contribution in [0.3, 0.4) is 0 Å². The molecule has 0 radical (unpaired) electrons. The number of fused-ring (bicyclic) bond motifs is 2. The monoisotopic (exact) mass is 387 g/mol. The summed E-state index contributed by atoms with van der Waals surface area (Å²) in [5, 5.41) is 7.33. The maximum absolute atomic E-state index is 12.9. The Morgan fingerprint density at radius 3 is 2.59 bits per heavy atom. The molecule has 0 unspecified atom stereocenters. The van der Waals surface area contributed by atoms with Gasteiger partial charge in [-0.2, -0.15) is 9.78 Å². The van der Waals surface area contributed by atoms with Gasteiger partial charge >= 0.3 is 0 Å². The lowest BCUT2D eigenvalue weighted by molar-refractivity contribution is 0.0951. The second kappa shape index (κ2) is 7.67. The highest BCUT2D eigenvalue weighted by atomic mass is 16.1. The SMILES string of the molecule is CC(C)CNC(=O)c1c(N)n(/N=C\c2ccccn2)c2nc3ccccc3nc12. The number of nitrogen functional groups attached to an aromatic ring is 1. The first kappa shape index (κ1) is 18.5. The van der Waals surface area contributed by atoms with E-state index in [0.29, 0.717) is 40.4 Å². The molecular formula is C21H21N7O. The van der Waals surface area contributed by atoms with Crippen molar-refractivity contribution in [3.05, 3.63) is 59.9 Å². The van der Waals surface area contributed by atoms with E-state index in [0.717, 1.165) is 0 Å². The minimum Gasteiger partial charge on any atom is -0.383 e. The minimum atomic E-state index is -0.294. The normalized spacial score (nSPS) is 11.7. The number of hydrogen-bond donors (Lipinski definition) is 2. The number of nitrogens with two attached hydrogens (primary N) is 1. The van der Waals surface area contributed by atoms with Crippen molar-refractivity contribution in [3.8, 4) is 0 Å². The highest BCUT2D eigenvalue weighted by Gasteiger charge is 2.24. The smallest absolute Gasteiger partial charge is 0.257 e. The van der Waals surface area contributed by atoms with Crippen molar-refractivity contribution in [1.82, 2.24) is 24.9 Å². The molecule has 8 heteroatoms. The van der Waals surface area contributed by atoms with Crippen LogP contribution in [0, 0.1) is 5.92 Å². The van der Waals surface area contributed by atoms with Gasteiger partial charge in [0.05, 0.1) is 22.9 Å². The zero-order valence-electron chi connectivity index (χ0n) is 16.2. The predicted octanol–water partition coefficient (Wildman–Crippen LogP) is 2.83. The molecule has 1 aromatic carbocycles. The quantitative estimate of drug-likeness (QED) is 0.512. The number of para-hydroxylation sites is 2. The predicted molar refractivity (Wildman–Crippen MR) is 114 cm³/mol. The van der Waals surface area contributed by atoms with Crippen molar-refractivity contribution in [2.45, 2.75) is 13.8 Å². The van der Waals surface area contributed by atoms with Gasteiger partial charge in [-0.1, -0.05) is 32.0 Å². The average Bonchev–Trinajstić information content (AvgIpc) is 2.99. The summed E-state index contributed by atoms with van der Waals surface area (Å²) in [5.74, 6) is 0.198. The molecule has 8 nitrogen and oxygen atoms in total. The Morgan fingerprint density at radius 2 is 1.90 bits per heavy atom. The molecule has 0 bridgehead atoms. The topological polar surface area (TPSA) is 111 Å². The number of nitrogens with zero attached hydrogens (tertiary/aromatic N) is 5. The fraction of sp³-hybridized carbons (Fsp3) is 0.190. The number of rotatable bonds is 5. The third-order valence-electron chi connectivity index (χ3n) is 4.37. The molecule has 0 aliphatic carbocycles. The van der Waals surface area contributed by atoms with E-state index in [2.05, 4.69) is 25.4 Å². The third-order valence-corrected chi connectivity index (χ3v) is 4.37. The van der Waals surface area contributed by atoms with Crippen molar-refractivity contribution < 1.29 is 4.79 Å². The maximum atomic E-state index is 12.9. The Hall–Kier alpha value is -3.81. The van der Waals surface area contributed by atoms with Crippen molar-refractivity contribution in [3.63, 3.8) is 0 Å². The lowest BCUT2D eigenvalue weighted by atomic mass is 10.2. The molecule has 4 rings (SSSR count). The van der Waals surface area contributed by atoms with Crippen molar-refractivity contribution >= 4 is 40.1 Å². The summed E-state index contributed by atoms with van der Waals surface area (Å²) in [4.78, 5) is 26.4. The second-order valence-electron chi connectivity index (χ2n) is 7.06. The van der Waals surface area contributed by atoms with Crippen LogP contribution in [0.1, 0.15) is 29.9 Å². The third kappa shape index (κ3) is 3.64. The number of pyridine rings is 1. The van der Waals surface area contributed by atoms with Gasteiger partial charge in [-0.15, -0.1) is 0 Å². The van der Waals surface area contributed by atoms with Crippen molar-refractivity contribution in [1.29, 1.82) is 0 Å². The molecule has 3 N–H and O–H groups in total. The summed E-state index contributed by atoms with van der Waals surface area (Å²) in [7, 11) is 0. The number of nitrogens with one attached hydrogen (secondary N) is 1. The highest BCUT2D eigenvalue weighted by Crippen LogP contribution is 2.27. The van der Waals surface area contributed by atoms with E-state index in [9.17, 15) is 4.79 Å². The Labute approximate surface area is 167 Å².